The minimum absolute atomic E-state index is 0.889. The summed E-state index contributed by atoms with van der Waals surface area (Å²) in [4.78, 5) is 6.36. The molecular weight excluding hydrogens is 306 g/mol. The highest BCUT2D eigenvalue weighted by Gasteiger charge is 2.14. The first-order valence-electron chi connectivity index (χ1n) is 8.51. The van der Waals surface area contributed by atoms with Gasteiger partial charge in [-0.2, -0.15) is 0 Å². The lowest BCUT2D eigenvalue weighted by atomic mass is 10.1. The second-order valence-electron chi connectivity index (χ2n) is 6.73. The minimum atomic E-state index is 0.889. The van der Waals surface area contributed by atoms with Crippen molar-refractivity contribution < 1.29 is 4.52 Å². The average molecular weight is 334 g/mol. The Kier molecular flexibility index (Phi) is 5.51. The van der Waals surface area contributed by atoms with Crippen LogP contribution in [-0.2, 0) is 19.6 Å². The average Bonchev–Trinajstić information content (AvgIpc) is 3.09. The zero-order chi connectivity index (χ0) is 16.2. The molecule has 4 nitrogen and oxygen atoms in total. The Morgan fingerprint density at radius 2 is 2.00 bits per heavy atom. The van der Waals surface area contributed by atoms with Crippen LogP contribution in [0.5, 0.6) is 0 Å². The Hall–Kier alpha value is -1.17. The maximum atomic E-state index is 5.26. The van der Waals surface area contributed by atoms with Crippen LogP contribution < -0.4 is 0 Å². The largest absolute Gasteiger partial charge is 0.361 e. The number of aromatic nitrogens is 1. The van der Waals surface area contributed by atoms with Crippen LogP contribution in [0.2, 0.25) is 0 Å². The van der Waals surface area contributed by atoms with E-state index in [1.807, 2.05) is 25.2 Å². The molecule has 1 fully saturated rings. The molecule has 126 valence electrons. The Bertz CT molecular complexity index is 609. The molecule has 0 saturated carbocycles. The lowest BCUT2D eigenvalue weighted by Gasteiger charge is -2.25. The topological polar surface area (TPSA) is 32.5 Å². The maximum absolute atomic E-state index is 5.26. The summed E-state index contributed by atoms with van der Waals surface area (Å²) in [5, 5.41) is 6.37. The van der Waals surface area contributed by atoms with Gasteiger partial charge in [-0.1, -0.05) is 11.6 Å². The molecule has 0 aromatic carbocycles. The van der Waals surface area contributed by atoms with Crippen LogP contribution in [-0.4, -0.2) is 35.1 Å². The van der Waals surface area contributed by atoms with Gasteiger partial charge in [-0.05, 0) is 63.8 Å². The standard InChI is InChI=1S/C18H27N3OS/c1-14-18(15(2)22-19-14)12-20(3)11-17-9-16(13-23-17)10-21-7-5-4-6-8-21/h9,13H,4-8,10-12H2,1-3H3. The lowest BCUT2D eigenvalue weighted by Crippen LogP contribution is -2.28. The van der Waals surface area contributed by atoms with E-state index in [1.165, 1.54) is 48.4 Å². The van der Waals surface area contributed by atoms with Crippen LogP contribution in [0.3, 0.4) is 0 Å². The van der Waals surface area contributed by atoms with Gasteiger partial charge in [0.2, 0.25) is 0 Å². The van der Waals surface area contributed by atoms with Gasteiger partial charge >= 0.3 is 0 Å². The second-order valence-corrected chi connectivity index (χ2v) is 7.73. The molecule has 2 aromatic heterocycles. The number of likely N-dealkylation sites (tertiary alicyclic amines) is 1. The number of nitrogens with zero attached hydrogens (tertiary/aromatic N) is 3. The van der Waals surface area contributed by atoms with Crippen molar-refractivity contribution in [3.63, 3.8) is 0 Å². The quantitative estimate of drug-likeness (QED) is 0.801. The number of aryl methyl sites for hydroxylation is 2. The summed E-state index contributed by atoms with van der Waals surface area (Å²) in [6.07, 6.45) is 4.12. The molecule has 3 rings (SSSR count). The highest BCUT2D eigenvalue weighted by atomic mass is 32.1. The van der Waals surface area contributed by atoms with Crippen molar-refractivity contribution in [2.75, 3.05) is 20.1 Å². The van der Waals surface area contributed by atoms with Gasteiger partial charge < -0.3 is 4.52 Å². The molecule has 1 aliphatic heterocycles. The lowest BCUT2D eigenvalue weighted by molar-refractivity contribution is 0.221. The molecule has 1 saturated heterocycles. The van der Waals surface area contributed by atoms with Crippen LogP contribution >= 0.6 is 11.3 Å². The van der Waals surface area contributed by atoms with Gasteiger partial charge in [0.25, 0.3) is 0 Å². The van der Waals surface area contributed by atoms with Crippen molar-refractivity contribution in [2.45, 2.75) is 52.7 Å². The summed E-state index contributed by atoms with van der Waals surface area (Å²) in [5.74, 6) is 0.936. The predicted octanol–water partition coefficient (Wildman–Crippen LogP) is 3.97. The van der Waals surface area contributed by atoms with Crippen molar-refractivity contribution >= 4 is 11.3 Å². The maximum Gasteiger partial charge on any atom is 0.138 e. The van der Waals surface area contributed by atoms with E-state index in [1.54, 1.807) is 0 Å². The van der Waals surface area contributed by atoms with E-state index < -0.39 is 0 Å². The summed E-state index contributed by atoms with van der Waals surface area (Å²) < 4.78 is 5.26. The zero-order valence-electron chi connectivity index (χ0n) is 14.5. The highest BCUT2D eigenvalue weighted by molar-refractivity contribution is 7.10. The van der Waals surface area contributed by atoms with Gasteiger partial charge in [0, 0.05) is 30.1 Å². The first-order valence-corrected chi connectivity index (χ1v) is 9.38. The molecule has 1 aliphatic rings. The monoisotopic (exact) mass is 333 g/mol. The van der Waals surface area contributed by atoms with Gasteiger partial charge in [-0.3, -0.25) is 9.80 Å². The third kappa shape index (κ3) is 4.43. The molecule has 0 unspecified atom stereocenters. The van der Waals surface area contributed by atoms with E-state index in [2.05, 4.69) is 33.5 Å². The van der Waals surface area contributed by atoms with E-state index in [-0.39, 0.29) is 0 Å². The Morgan fingerprint density at radius 1 is 1.22 bits per heavy atom. The molecule has 2 aromatic rings. The first-order chi connectivity index (χ1) is 11.1. The predicted molar refractivity (Wildman–Crippen MR) is 94.6 cm³/mol. The zero-order valence-corrected chi connectivity index (χ0v) is 15.3. The van der Waals surface area contributed by atoms with E-state index in [9.17, 15) is 0 Å². The highest BCUT2D eigenvalue weighted by Crippen LogP contribution is 2.21. The molecule has 0 bridgehead atoms. The summed E-state index contributed by atoms with van der Waals surface area (Å²) in [6, 6.07) is 2.38. The molecule has 5 heteroatoms. The fourth-order valence-corrected chi connectivity index (χ4v) is 4.25. The molecule has 3 heterocycles. The van der Waals surface area contributed by atoms with Crippen LogP contribution in [0, 0.1) is 13.8 Å². The normalized spacial score (nSPS) is 16.3. The number of thiophene rings is 1. The second kappa shape index (κ2) is 7.60. The first kappa shape index (κ1) is 16.7. The SMILES string of the molecule is Cc1noc(C)c1CN(C)Cc1cc(CN2CCCCC2)cs1. The van der Waals surface area contributed by atoms with Crippen LogP contribution in [0.1, 0.15) is 46.7 Å². The Balaban J connectivity index is 1.53. The fourth-order valence-electron chi connectivity index (χ4n) is 3.29. The van der Waals surface area contributed by atoms with Crippen molar-refractivity contribution in [1.82, 2.24) is 15.0 Å². The molecule has 0 spiro atoms. The Labute approximate surface area is 143 Å². The number of hydrogen-bond donors (Lipinski definition) is 0. The molecule has 0 aliphatic carbocycles. The number of piperidine rings is 1. The van der Waals surface area contributed by atoms with E-state index >= 15 is 0 Å². The van der Waals surface area contributed by atoms with Crippen molar-refractivity contribution in [3.8, 4) is 0 Å². The number of hydrogen-bond acceptors (Lipinski definition) is 5. The summed E-state index contributed by atoms with van der Waals surface area (Å²) >= 11 is 1.88. The molecule has 0 N–H and O–H groups in total. The van der Waals surface area contributed by atoms with Crippen molar-refractivity contribution in [1.29, 1.82) is 0 Å². The smallest absolute Gasteiger partial charge is 0.138 e. The van der Waals surface area contributed by atoms with Crippen molar-refractivity contribution in [2.24, 2.45) is 0 Å². The molecule has 0 amide bonds. The molecule has 23 heavy (non-hydrogen) atoms. The third-order valence-electron chi connectivity index (χ3n) is 4.60. The van der Waals surface area contributed by atoms with Gasteiger partial charge in [0.1, 0.15) is 5.76 Å². The minimum Gasteiger partial charge on any atom is -0.361 e. The van der Waals surface area contributed by atoms with Gasteiger partial charge in [0.15, 0.2) is 0 Å². The Morgan fingerprint density at radius 3 is 2.70 bits per heavy atom. The summed E-state index contributed by atoms with van der Waals surface area (Å²) in [7, 11) is 2.16. The van der Waals surface area contributed by atoms with E-state index in [0.717, 1.165) is 31.1 Å². The van der Waals surface area contributed by atoms with Crippen LogP contribution in [0.25, 0.3) is 0 Å². The summed E-state index contributed by atoms with van der Waals surface area (Å²) in [5.41, 5.74) is 3.70. The van der Waals surface area contributed by atoms with Gasteiger partial charge in [-0.25, -0.2) is 0 Å². The molecule has 0 radical (unpaired) electrons. The van der Waals surface area contributed by atoms with E-state index in [4.69, 9.17) is 4.52 Å². The molecule has 0 atom stereocenters. The van der Waals surface area contributed by atoms with Crippen LogP contribution in [0.4, 0.5) is 0 Å². The molecular formula is C18H27N3OS. The fraction of sp³-hybridized carbons (Fsp3) is 0.611. The van der Waals surface area contributed by atoms with Crippen molar-refractivity contribution in [3.05, 3.63) is 38.9 Å². The third-order valence-corrected chi connectivity index (χ3v) is 5.57. The number of rotatable bonds is 6. The van der Waals surface area contributed by atoms with E-state index in [0.29, 0.717) is 0 Å². The van der Waals surface area contributed by atoms with Crippen LogP contribution in [0.15, 0.2) is 16.0 Å². The van der Waals surface area contributed by atoms with Gasteiger partial charge in [-0.15, -0.1) is 11.3 Å². The summed E-state index contributed by atoms with van der Waals surface area (Å²) in [6.45, 7) is 9.51. The van der Waals surface area contributed by atoms with Gasteiger partial charge in [0.05, 0.1) is 5.69 Å².